The number of nitrogens with one attached hydrogen (secondary N) is 1. The van der Waals surface area contributed by atoms with Crippen molar-refractivity contribution >= 4 is 52.2 Å². The monoisotopic (exact) mass is 493 g/mol. The maximum atomic E-state index is 13.6. The molecule has 1 saturated carbocycles. The summed E-state index contributed by atoms with van der Waals surface area (Å²) in [4.78, 5) is 52.6. The number of ether oxygens (including phenoxy) is 1. The lowest BCUT2D eigenvalue weighted by molar-refractivity contribution is -0.145. The number of primary amides is 1. The predicted octanol–water partition coefficient (Wildman–Crippen LogP) is 2.08. The number of thiophene rings is 1. The highest BCUT2D eigenvalue weighted by Crippen LogP contribution is 2.31. The predicted molar refractivity (Wildman–Crippen MR) is 125 cm³/mol. The number of hydrogen-bond donors (Lipinski definition) is 3. The molecule has 3 amide bonds. The number of nitrogens with zero attached hydrogens (tertiary/aromatic N) is 2. The zero-order valence-corrected chi connectivity index (χ0v) is 19.9. The average molecular weight is 494 g/mol. The Morgan fingerprint density at radius 1 is 1.27 bits per heavy atom. The number of carbonyl (C=O) groups is 4. The molecule has 1 fully saturated rings. The van der Waals surface area contributed by atoms with Crippen LogP contribution in [0.1, 0.15) is 70.1 Å². The minimum absolute atomic E-state index is 0.00296. The van der Waals surface area contributed by atoms with E-state index in [1.54, 1.807) is 24.4 Å². The van der Waals surface area contributed by atoms with Gasteiger partial charge < -0.3 is 26.4 Å². The molecule has 178 valence electrons. The van der Waals surface area contributed by atoms with Crippen molar-refractivity contribution in [3.8, 4) is 0 Å². The number of esters is 1. The Balaban J connectivity index is 1.98. The third-order valence-corrected chi connectivity index (χ3v) is 7.12. The molecule has 1 atom stereocenters. The molecule has 0 saturated heterocycles. The van der Waals surface area contributed by atoms with Crippen LogP contribution in [-0.2, 0) is 14.3 Å². The van der Waals surface area contributed by atoms with Gasteiger partial charge in [-0.05, 0) is 42.7 Å². The Morgan fingerprint density at radius 3 is 2.58 bits per heavy atom. The molecule has 2 heterocycles. The summed E-state index contributed by atoms with van der Waals surface area (Å²) in [5.41, 5.74) is 10.8. The minimum atomic E-state index is -1.08. The second-order valence-electron chi connectivity index (χ2n) is 7.64. The Bertz CT molecular complexity index is 1000. The maximum absolute atomic E-state index is 13.6. The second kappa shape index (κ2) is 11.2. The van der Waals surface area contributed by atoms with E-state index in [-0.39, 0.29) is 34.8 Å². The summed E-state index contributed by atoms with van der Waals surface area (Å²) in [5, 5.41) is 4.83. The summed E-state index contributed by atoms with van der Waals surface area (Å²) >= 11 is 1.99. The first-order chi connectivity index (χ1) is 15.8. The Kier molecular flexibility index (Phi) is 8.39. The van der Waals surface area contributed by atoms with E-state index in [1.165, 1.54) is 11.3 Å². The zero-order valence-electron chi connectivity index (χ0n) is 18.2. The van der Waals surface area contributed by atoms with Gasteiger partial charge in [0.05, 0.1) is 12.3 Å². The number of nitrogen functional groups attached to an aromatic ring is 1. The molecule has 2 aromatic heterocycles. The number of hydrogen-bond acceptors (Lipinski definition) is 9. The summed E-state index contributed by atoms with van der Waals surface area (Å²) in [6.07, 6.45) is 4.89. The standard InChI is InChI=1S/C21H27N5O5S2/c1-2-31-14(27)11-26(21(30)18-15(22)16(19(23)28)25-33-18)17(13-9-6-10-32-13)20(29)24-12-7-4-3-5-8-12/h6,9-10,12,17H,2-5,7-8,11,22H2,1H3,(H2,23,28)(H,24,29)/t17-/m0/s1. The SMILES string of the molecule is CCOC(=O)CN(C(=O)c1snc(C(N)=O)c1N)[C@H](C(=O)NC1CCCCC1)c1cccs1. The number of amides is 3. The van der Waals surface area contributed by atoms with Crippen molar-refractivity contribution in [3.63, 3.8) is 0 Å². The van der Waals surface area contributed by atoms with Crippen molar-refractivity contribution in [1.29, 1.82) is 0 Å². The number of carbonyl (C=O) groups excluding carboxylic acids is 4. The molecular weight excluding hydrogens is 466 g/mol. The van der Waals surface area contributed by atoms with Gasteiger partial charge in [0.1, 0.15) is 17.5 Å². The third-order valence-electron chi connectivity index (χ3n) is 5.35. The highest BCUT2D eigenvalue weighted by molar-refractivity contribution is 7.10. The first-order valence-corrected chi connectivity index (χ1v) is 12.3. The summed E-state index contributed by atoms with van der Waals surface area (Å²) < 4.78 is 8.93. The first kappa shape index (κ1) is 24.6. The summed E-state index contributed by atoms with van der Waals surface area (Å²) in [6.45, 7) is 1.29. The normalized spacial score (nSPS) is 14.9. The molecular formula is C21H27N5O5S2. The molecule has 0 aliphatic heterocycles. The third kappa shape index (κ3) is 5.88. The van der Waals surface area contributed by atoms with E-state index in [9.17, 15) is 19.2 Å². The lowest BCUT2D eigenvalue weighted by Crippen LogP contribution is -2.48. The zero-order chi connectivity index (χ0) is 24.0. The number of nitrogens with two attached hydrogens (primary N) is 2. The number of rotatable bonds is 9. The maximum Gasteiger partial charge on any atom is 0.325 e. The lowest BCUT2D eigenvalue weighted by atomic mass is 9.95. The Hall–Kier alpha value is -2.99. The molecule has 0 unspecified atom stereocenters. The smallest absolute Gasteiger partial charge is 0.325 e. The van der Waals surface area contributed by atoms with E-state index in [2.05, 4.69) is 9.69 Å². The van der Waals surface area contributed by atoms with Crippen LogP contribution < -0.4 is 16.8 Å². The van der Waals surface area contributed by atoms with E-state index in [4.69, 9.17) is 16.2 Å². The molecule has 1 aliphatic rings. The molecule has 0 aromatic carbocycles. The van der Waals surface area contributed by atoms with Crippen LogP contribution in [0.15, 0.2) is 17.5 Å². The van der Waals surface area contributed by atoms with Crippen LogP contribution >= 0.6 is 22.9 Å². The molecule has 0 radical (unpaired) electrons. The molecule has 0 spiro atoms. The molecule has 33 heavy (non-hydrogen) atoms. The van der Waals surface area contributed by atoms with Crippen molar-refractivity contribution in [3.05, 3.63) is 33.0 Å². The van der Waals surface area contributed by atoms with Crippen LogP contribution in [0.3, 0.4) is 0 Å². The van der Waals surface area contributed by atoms with E-state index >= 15 is 0 Å². The van der Waals surface area contributed by atoms with E-state index < -0.39 is 30.4 Å². The molecule has 5 N–H and O–H groups in total. The van der Waals surface area contributed by atoms with Gasteiger partial charge in [-0.15, -0.1) is 11.3 Å². The Labute approximate surface area is 199 Å². The van der Waals surface area contributed by atoms with E-state index in [0.29, 0.717) is 16.4 Å². The van der Waals surface area contributed by atoms with Gasteiger partial charge in [0.2, 0.25) is 5.91 Å². The highest BCUT2D eigenvalue weighted by atomic mass is 32.1. The summed E-state index contributed by atoms with van der Waals surface area (Å²) in [5.74, 6) is -2.64. The van der Waals surface area contributed by atoms with Crippen LogP contribution in [0.4, 0.5) is 5.69 Å². The van der Waals surface area contributed by atoms with Gasteiger partial charge in [-0.2, -0.15) is 4.37 Å². The van der Waals surface area contributed by atoms with Crippen molar-refractivity contribution < 1.29 is 23.9 Å². The molecule has 12 heteroatoms. The van der Waals surface area contributed by atoms with Gasteiger partial charge in [-0.1, -0.05) is 25.3 Å². The average Bonchev–Trinajstić information content (AvgIpc) is 3.43. The van der Waals surface area contributed by atoms with Crippen LogP contribution in [0.2, 0.25) is 0 Å². The first-order valence-electron chi connectivity index (χ1n) is 10.7. The lowest BCUT2D eigenvalue weighted by Gasteiger charge is -2.31. The van der Waals surface area contributed by atoms with Gasteiger partial charge in [0.15, 0.2) is 5.69 Å². The van der Waals surface area contributed by atoms with Crippen molar-refractivity contribution in [2.24, 2.45) is 5.73 Å². The molecule has 1 aliphatic carbocycles. The largest absolute Gasteiger partial charge is 0.465 e. The van der Waals surface area contributed by atoms with Crippen LogP contribution in [0.5, 0.6) is 0 Å². The van der Waals surface area contributed by atoms with Gasteiger partial charge in [-0.3, -0.25) is 19.2 Å². The number of aromatic nitrogens is 1. The summed E-state index contributed by atoms with van der Waals surface area (Å²) in [6, 6.07) is 2.41. The molecule has 3 rings (SSSR count). The van der Waals surface area contributed by atoms with Crippen LogP contribution in [0.25, 0.3) is 0 Å². The fourth-order valence-electron chi connectivity index (χ4n) is 3.78. The van der Waals surface area contributed by atoms with Gasteiger partial charge in [-0.25, -0.2) is 0 Å². The number of anilines is 1. The second-order valence-corrected chi connectivity index (χ2v) is 9.39. The quantitative estimate of drug-likeness (QED) is 0.451. The van der Waals surface area contributed by atoms with Gasteiger partial charge >= 0.3 is 5.97 Å². The summed E-state index contributed by atoms with van der Waals surface area (Å²) in [7, 11) is 0. The van der Waals surface area contributed by atoms with Gasteiger partial charge in [0.25, 0.3) is 11.8 Å². The van der Waals surface area contributed by atoms with Gasteiger partial charge in [0, 0.05) is 10.9 Å². The van der Waals surface area contributed by atoms with Crippen molar-refractivity contribution in [1.82, 2.24) is 14.6 Å². The highest BCUT2D eigenvalue weighted by Gasteiger charge is 2.37. The molecule has 0 bridgehead atoms. The van der Waals surface area contributed by atoms with Crippen LogP contribution in [0, 0.1) is 0 Å². The minimum Gasteiger partial charge on any atom is -0.465 e. The van der Waals surface area contributed by atoms with E-state index in [0.717, 1.165) is 37.0 Å². The Morgan fingerprint density at radius 2 is 2.00 bits per heavy atom. The van der Waals surface area contributed by atoms with E-state index in [1.807, 2.05) is 0 Å². The molecule has 2 aromatic rings. The van der Waals surface area contributed by atoms with Crippen LogP contribution in [-0.4, -0.2) is 52.2 Å². The van der Waals surface area contributed by atoms with Crippen molar-refractivity contribution in [2.45, 2.75) is 51.1 Å². The molecule has 10 nitrogen and oxygen atoms in total. The fraction of sp³-hybridized carbons (Fsp3) is 0.476. The topological polar surface area (TPSA) is 158 Å². The van der Waals surface area contributed by atoms with Crippen molar-refractivity contribution in [2.75, 3.05) is 18.9 Å². The fourth-order valence-corrected chi connectivity index (χ4v) is 5.38.